The van der Waals surface area contributed by atoms with Crippen molar-refractivity contribution >= 4 is 0 Å². The summed E-state index contributed by atoms with van der Waals surface area (Å²) >= 11 is 0. The molecule has 0 N–H and O–H groups in total. The minimum Gasteiger partial charge on any atom is -0.198 e. The zero-order valence-electron chi connectivity index (χ0n) is 28.8. The zero-order chi connectivity index (χ0) is 33.8. The Balaban J connectivity index is -0.0000000642. The van der Waals surface area contributed by atoms with E-state index in [9.17, 15) is 0 Å². The largest absolute Gasteiger partial charge is 0.198 e. The van der Waals surface area contributed by atoms with Crippen molar-refractivity contribution in [3.63, 3.8) is 0 Å². The average Bonchev–Trinajstić information content (AvgIpc) is 2.71. The highest BCUT2D eigenvalue weighted by molar-refractivity contribution is 5.31. The van der Waals surface area contributed by atoms with Crippen molar-refractivity contribution in [2.75, 3.05) is 0 Å². The molecule has 0 aliphatic rings. The van der Waals surface area contributed by atoms with E-state index in [0.29, 0.717) is 10.8 Å². The molecular weight excluding hydrogens is 482 g/mol. The predicted molar refractivity (Wildman–Crippen MR) is 169 cm³/mol. The van der Waals surface area contributed by atoms with Crippen LogP contribution in [0.1, 0.15) is 125 Å². The van der Waals surface area contributed by atoms with E-state index in [2.05, 4.69) is 71.5 Å². The quantitative estimate of drug-likeness (QED) is 0.129. The summed E-state index contributed by atoms with van der Waals surface area (Å²) in [6, 6.07) is 5.15. The van der Waals surface area contributed by atoms with Gasteiger partial charge in [-0.3, -0.25) is 0 Å². The van der Waals surface area contributed by atoms with Crippen molar-refractivity contribution in [2.24, 2.45) is 27.0 Å². The van der Waals surface area contributed by atoms with Crippen molar-refractivity contribution in [3.05, 3.63) is 36.5 Å². The molecule has 7 heteroatoms. The molecule has 0 radical (unpaired) electrons. The van der Waals surface area contributed by atoms with E-state index < -0.39 is 0 Å². The number of nitrogens with zero attached hydrogens (tertiary/aromatic N) is 7. The summed E-state index contributed by atoms with van der Waals surface area (Å²) in [5.41, 5.74) is 3.09. The second kappa shape index (κ2) is 27.7. The summed E-state index contributed by atoms with van der Waals surface area (Å²) < 4.78 is 0. The van der Waals surface area contributed by atoms with Crippen LogP contribution in [0.4, 0.5) is 0 Å². The maximum atomic E-state index is 7.89. The molecule has 7 nitrogen and oxygen atoms in total. The van der Waals surface area contributed by atoms with Gasteiger partial charge in [-0.05, 0) is 93.9 Å². The number of rotatable bonds is 0. The van der Waals surface area contributed by atoms with Gasteiger partial charge < -0.3 is 0 Å². The number of allylic oxidation sites excluding steroid dienone is 3. The molecule has 0 unspecified atom stereocenters. The normalized spacial score (nSPS) is 9.79. The monoisotopic (exact) mass is 543 g/mol. The highest BCUT2D eigenvalue weighted by Gasteiger charge is 2.26. The molecule has 0 amide bonds. The van der Waals surface area contributed by atoms with Crippen LogP contribution < -0.4 is 0 Å². The van der Waals surface area contributed by atoms with E-state index in [0.717, 1.165) is 0 Å². The molecule has 0 bridgehead atoms. The Morgan fingerprint density at radius 2 is 0.718 bits per heavy atom. The van der Waals surface area contributed by atoms with Gasteiger partial charge in [-0.15, -0.1) is 13.2 Å². The minimum atomic E-state index is -0.0463. The lowest BCUT2D eigenvalue weighted by Gasteiger charge is -2.34. The Morgan fingerprint density at radius 1 is 0.564 bits per heavy atom. The first-order valence-corrected chi connectivity index (χ1v) is 12.8. The van der Waals surface area contributed by atoms with Gasteiger partial charge in [0.1, 0.15) is 17.7 Å². The highest BCUT2D eigenvalue weighted by Crippen LogP contribution is 2.36. The van der Waals surface area contributed by atoms with Crippen LogP contribution in [-0.2, 0) is 0 Å². The maximum Gasteiger partial charge on any atom is 0.122 e. The third-order valence-electron chi connectivity index (χ3n) is 3.43. The second-order valence-corrected chi connectivity index (χ2v) is 13.4. The van der Waals surface area contributed by atoms with Crippen molar-refractivity contribution in [3.8, 4) is 18.2 Å². The van der Waals surface area contributed by atoms with Crippen LogP contribution in [0.5, 0.6) is 0 Å². The summed E-state index contributed by atoms with van der Waals surface area (Å²) in [5.74, 6) is 0.190. The fourth-order valence-electron chi connectivity index (χ4n) is 0.325. The lowest BCUT2D eigenvalue weighted by Crippen LogP contribution is -2.25. The first kappa shape index (κ1) is 52.2. The smallest absolute Gasteiger partial charge is 0.122 e. The van der Waals surface area contributed by atoms with E-state index >= 15 is 0 Å². The highest BCUT2D eigenvalue weighted by atomic mass is 15.2. The van der Waals surface area contributed by atoms with Crippen LogP contribution in [-0.4, -0.2) is 11.1 Å². The summed E-state index contributed by atoms with van der Waals surface area (Å²) in [6.45, 7) is 47.7. The molecule has 0 aliphatic heterocycles. The molecule has 0 aliphatic carbocycles. The molecule has 0 atom stereocenters. The molecule has 0 rings (SSSR count). The molecule has 0 aromatic carbocycles. The summed E-state index contributed by atoms with van der Waals surface area (Å²) in [5, 5.41) is 43.7. The molecule has 0 heterocycles. The number of azo groups is 1. The molecule has 0 fully saturated rings. The molecule has 0 saturated carbocycles. The standard InChI is InChI=1S/C8H18N2.C8H18.C4H2N2.C4H7N.2C4H8.N2/c1-7(2,3)9-10-8(4,5)6;1-7(2,3)8(4,5)6;1-4(2-5)3-6;1-4(2)3-5;2*1-4(2)3;1-2/h1-6H3;1-6H3;1H2;4H,1-2H3;2*1H2,2-3H3;. The third-order valence-corrected chi connectivity index (χ3v) is 3.43. The van der Waals surface area contributed by atoms with Crippen molar-refractivity contribution < 1.29 is 0 Å². The van der Waals surface area contributed by atoms with Gasteiger partial charge in [0.2, 0.25) is 0 Å². The molecule has 0 spiro atoms. The van der Waals surface area contributed by atoms with Crippen LogP contribution in [0.3, 0.4) is 0 Å². The fourth-order valence-corrected chi connectivity index (χ4v) is 0.325. The molecule has 39 heavy (non-hydrogen) atoms. The van der Waals surface area contributed by atoms with E-state index in [-0.39, 0.29) is 22.6 Å². The van der Waals surface area contributed by atoms with E-state index in [1.54, 1.807) is 12.1 Å². The Hall–Kier alpha value is -3.29. The number of hydrogen-bond acceptors (Lipinski definition) is 7. The second-order valence-electron chi connectivity index (χ2n) is 13.4. The van der Waals surface area contributed by atoms with Crippen molar-refractivity contribution in [2.45, 2.75) is 136 Å². The minimum absolute atomic E-state index is 0.0344. The van der Waals surface area contributed by atoms with Crippen LogP contribution >= 0.6 is 0 Å². The zero-order valence-corrected chi connectivity index (χ0v) is 28.8. The van der Waals surface area contributed by atoms with Crippen molar-refractivity contribution in [1.29, 1.82) is 26.6 Å². The predicted octanol–water partition coefficient (Wildman–Crippen LogP) is 11.1. The molecule has 0 aromatic heterocycles. The Labute approximate surface area is 243 Å². The SMILES string of the molecule is C=C(C#N)C#N.C=C(C)C.C=C(C)C.CC(C)(C)C(C)(C)C.CC(C)(C)N=NC(C)(C)C.CC(C)C#N.N#N. The first-order chi connectivity index (χ1) is 17.0. The van der Waals surface area contributed by atoms with Gasteiger partial charge >= 0.3 is 0 Å². The van der Waals surface area contributed by atoms with Gasteiger partial charge in [0.25, 0.3) is 0 Å². The Bertz CT molecular complexity index is 746. The van der Waals surface area contributed by atoms with Gasteiger partial charge in [-0.2, -0.15) is 26.0 Å². The number of hydrogen-bond donors (Lipinski definition) is 0. The summed E-state index contributed by atoms with van der Waals surface area (Å²) in [6.07, 6.45) is 0. The first-order valence-electron chi connectivity index (χ1n) is 12.8. The van der Waals surface area contributed by atoms with Gasteiger partial charge in [-0.1, -0.05) is 59.3 Å². The van der Waals surface area contributed by atoms with Gasteiger partial charge in [0.05, 0.1) is 17.1 Å². The van der Waals surface area contributed by atoms with E-state index in [4.69, 9.17) is 26.6 Å². The fraction of sp³-hybridized carbons (Fsp3) is 0.719. The topological polar surface area (TPSA) is 144 Å². The lowest BCUT2D eigenvalue weighted by molar-refractivity contribution is 0.157. The summed E-state index contributed by atoms with van der Waals surface area (Å²) in [4.78, 5) is 0. The van der Waals surface area contributed by atoms with Crippen LogP contribution in [0.25, 0.3) is 0 Å². The molecular formula is C32H61N7. The lowest BCUT2D eigenvalue weighted by atomic mass is 9.71. The third kappa shape index (κ3) is 106. The van der Waals surface area contributed by atoms with Crippen LogP contribution in [0.2, 0.25) is 0 Å². The molecule has 0 aromatic rings. The van der Waals surface area contributed by atoms with Crippen LogP contribution in [0, 0.1) is 61.5 Å². The average molecular weight is 544 g/mol. The van der Waals surface area contributed by atoms with Gasteiger partial charge in [0, 0.05) is 16.7 Å². The van der Waals surface area contributed by atoms with Gasteiger partial charge in [-0.25, -0.2) is 0 Å². The van der Waals surface area contributed by atoms with Crippen molar-refractivity contribution in [1.82, 2.24) is 0 Å². The Morgan fingerprint density at radius 3 is 0.744 bits per heavy atom. The molecule has 0 saturated heterocycles. The molecule has 224 valence electrons. The van der Waals surface area contributed by atoms with Gasteiger partial charge in [0.15, 0.2) is 0 Å². The maximum absolute atomic E-state index is 7.89. The van der Waals surface area contributed by atoms with E-state index in [1.165, 1.54) is 11.1 Å². The number of nitriles is 3. The van der Waals surface area contributed by atoms with E-state index in [1.807, 2.05) is 89.2 Å². The van der Waals surface area contributed by atoms with Crippen LogP contribution in [0.15, 0.2) is 46.7 Å². The summed E-state index contributed by atoms with van der Waals surface area (Å²) in [7, 11) is 0. The Kier molecular flexibility index (Phi) is 37.1.